The summed E-state index contributed by atoms with van der Waals surface area (Å²) in [6.07, 6.45) is 0.831. The highest BCUT2D eigenvalue weighted by atomic mass is 32.1. The second-order valence-electron chi connectivity index (χ2n) is 5.02. The SMILES string of the molecule is O=C(NCCc1cccs1)c1cccc(N2CCNC2=O)c1. The van der Waals surface area contributed by atoms with Crippen molar-refractivity contribution in [3.8, 4) is 0 Å². The molecule has 22 heavy (non-hydrogen) atoms. The summed E-state index contributed by atoms with van der Waals surface area (Å²) in [5.41, 5.74) is 1.32. The Hall–Kier alpha value is -2.34. The number of urea groups is 1. The minimum atomic E-state index is -0.116. The third-order valence-electron chi connectivity index (χ3n) is 3.51. The first-order valence-electron chi connectivity index (χ1n) is 7.20. The number of nitrogens with one attached hydrogen (secondary N) is 2. The van der Waals surface area contributed by atoms with Gasteiger partial charge in [-0.1, -0.05) is 12.1 Å². The average Bonchev–Trinajstić information content (AvgIpc) is 3.19. The monoisotopic (exact) mass is 315 g/mol. The van der Waals surface area contributed by atoms with E-state index in [-0.39, 0.29) is 11.9 Å². The summed E-state index contributed by atoms with van der Waals surface area (Å²) in [7, 11) is 0. The summed E-state index contributed by atoms with van der Waals surface area (Å²) < 4.78 is 0. The molecule has 0 bridgehead atoms. The first kappa shape index (κ1) is 14.6. The van der Waals surface area contributed by atoms with Crippen molar-refractivity contribution in [3.05, 3.63) is 52.2 Å². The Labute approximate surface area is 132 Å². The lowest BCUT2D eigenvalue weighted by Gasteiger charge is -2.15. The number of rotatable bonds is 5. The van der Waals surface area contributed by atoms with E-state index < -0.39 is 0 Å². The first-order valence-corrected chi connectivity index (χ1v) is 8.08. The van der Waals surface area contributed by atoms with E-state index in [0.29, 0.717) is 25.2 Å². The molecule has 6 heteroatoms. The van der Waals surface area contributed by atoms with E-state index in [9.17, 15) is 9.59 Å². The zero-order valence-electron chi connectivity index (χ0n) is 12.0. The molecule has 114 valence electrons. The molecule has 0 spiro atoms. The number of thiophene rings is 1. The highest BCUT2D eigenvalue weighted by molar-refractivity contribution is 7.09. The third kappa shape index (κ3) is 3.28. The number of benzene rings is 1. The Morgan fingerprint density at radius 3 is 2.95 bits per heavy atom. The van der Waals surface area contributed by atoms with Gasteiger partial charge in [0.25, 0.3) is 5.91 Å². The number of hydrogen-bond acceptors (Lipinski definition) is 3. The molecule has 1 fully saturated rings. The van der Waals surface area contributed by atoms with Gasteiger partial charge >= 0.3 is 6.03 Å². The van der Waals surface area contributed by atoms with Crippen molar-refractivity contribution in [2.45, 2.75) is 6.42 Å². The van der Waals surface area contributed by atoms with Gasteiger partial charge in [-0.2, -0.15) is 0 Å². The molecule has 0 atom stereocenters. The summed E-state index contributed by atoms with van der Waals surface area (Å²) in [6, 6.07) is 11.1. The molecule has 2 aromatic rings. The van der Waals surface area contributed by atoms with Crippen molar-refractivity contribution in [3.63, 3.8) is 0 Å². The van der Waals surface area contributed by atoms with Gasteiger partial charge in [-0.3, -0.25) is 9.69 Å². The van der Waals surface area contributed by atoms with Crippen LogP contribution in [-0.2, 0) is 6.42 Å². The average molecular weight is 315 g/mol. The molecule has 2 heterocycles. The maximum absolute atomic E-state index is 12.2. The van der Waals surface area contributed by atoms with Gasteiger partial charge in [0.1, 0.15) is 0 Å². The van der Waals surface area contributed by atoms with Crippen LogP contribution in [0.3, 0.4) is 0 Å². The first-order chi connectivity index (χ1) is 10.7. The Balaban J connectivity index is 1.61. The maximum atomic E-state index is 12.2. The molecule has 0 aliphatic carbocycles. The molecule has 1 aliphatic rings. The number of amides is 3. The highest BCUT2D eigenvalue weighted by Gasteiger charge is 2.21. The standard InChI is InChI=1S/C16H17N3O2S/c20-15(17-7-6-14-5-2-10-22-14)12-3-1-4-13(11-12)19-9-8-18-16(19)21/h1-5,10-11H,6-9H2,(H,17,20)(H,18,21). The summed E-state index contributed by atoms with van der Waals surface area (Å²) in [5.74, 6) is -0.113. The van der Waals surface area contributed by atoms with E-state index in [4.69, 9.17) is 0 Å². The normalized spacial score (nSPS) is 14.0. The molecule has 0 unspecified atom stereocenters. The molecule has 0 radical (unpaired) electrons. The molecule has 3 amide bonds. The molecule has 1 aromatic heterocycles. The quantitative estimate of drug-likeness (QED) is 0.889. The fourth-order valence-corrected chi connectivity index (χ4v) is 3.10. The van der Waals surface area contributed by atoms with Gasteiger partial charge in [0.15, 0.2) is 0 Å². The Morgan fingerprint density at radius 2 is 2.23 bits per heavy atom. The molecule has 5 nitrogen and oxygen atoms in total. The van der Waals surface area contributed by atoms with Crippen molar-refractivity contribution < 1.29 is 9.59 Å². The van der Waals surface area contributed by atoms with Crippen LogP contribution in [0.15, 0.2) is 41.8 Å². The second-order valence-corrected chi connectivity index (χ2v) is 6.05. The summed E-state index contributed by atoms with van der Waals surface area (Å²) in [5, 5.41) is 7.70. The van der Waals surface area contributed by atoms with E-state index in [1.807, 2.05) is 17.5 Å². The van der Waals surface area contributed by atoms with Crippen LogP contribution in [0.4, 0.5) is 10.5 Å². The highest BCUT2D eigenvalue weighted by Crippen LogP contribution is 2.18. The summed E-state index contributed by atoms with van der Waals surface area (Å²) >= 11 is 1.69. The van der Waals surface area contributed by atoms with Gasteiger partial charge in [-0.05, 0) is 36.1 Å². The number of carbonyl (C=O) groups excluding carboxylic acids is 2. The lowest BCUT2D eigenvalue weighted by Crippen LogP contribution is -2.29. The summed E-state index contributed by atoms with van der Waals surface area (Å²) in [4.78, 5) is 26.8. The van der Waals surface area contributed by atoms with Crippen molar-refractivity contribution in [1.82, 2.24) is 10.6 Å². The second kappa shape index (κ2) is 6.62. The van der Waals surface area contributed by atoms with Crippen LogP contribution in [-0.4, -0.2) is 31.6 Å². The van der Waals surface area contributed by atoms with Gasteiger partial charge in [0.2, 0.25) is 0 Å². The number of nitrogens with zero attached hydrogens (tertiary/aromatic N) is 1. The van der Waals surface area contributed by atoms with Gasteiger partial charge in [0.05, 0.1) is 0 Å². The maximum Gasteiger partial charge on any atom is 0.321 e. The van der Waals surface area contributed by atoms with E-state index in [2.05, 4.69) is 16.7 Å². The van der Waals surface area contributed by atoms with Crippen molar-refractivity contribution in [1.29, 1.82) is 0 Å². The van der Waals surface area contributed by atoms with E-state index in [0.717, 1.165) is 12.1 Å². The van der Waals surface area contributed by atoms with Gasteiger partial charge in [-0.15, -0.1) is 11.3 Å². The van der Waals surface area contributed by atoms with Crippen molar-refractivity contribution >= 4 is 29.0 Å². The molecule has 1 aliphatic heterocycles. The van der Waals surface area contributed by atoms with Crippen LogP contribution in [0.2, 0.25) is 0 Å². The van der Waals surface area contributed by atoms with Crippen molar-refractivity contribution in [2.24, 2.45) is 0 Å². The molecule has 3 rings (SSSR count). The lowest BCUT2D eigenvalue weighted by molar-refractivity contribution is 0.0954. The predicted molar refractivity (Wildman–Crippen MR) is 87.5 cm³/mol. The predicted octanol–water partition coefficient (Wildman–Crippen LogP) is 2.25. The van der Waals surface area contributed by atoms with Gasteiger partial charge in [-0.25, -0.2) is 4.79 Å². The topological polar surface area (TPSA) is 61.4 Å². The van der Waals surface area contributed by atoms with Crippen LogP contribution >= 0.6 is 11.3 Å². The third-order valence-corrected chi connectivity index (χ3v) is 4.45. The van der Waals surface area contributed by atoms with Crippen LogP contribution in [0.25, 0.3) is 0 Å². The number of anilines is 1. The van der Waals surface area contributed by atoms with Crippen molar-refractivity contribution in [2.75, 3.05) is 24.5 Å². The Morgan fingerprint density at radius 1 is 1.32 bits per heavy atom. The van der Waals surface area contributed by atoms with E-state index in [1.54, 1.807) is 34.4 Å². The number of carbonyl (C=O) groups is 2. The minimum absolute atomic E-state index is 0.113. The van der Waals surface area contributed by atoms with E-state index >= 15 is 0 Å². The fourth-order valence-electron chi connectivity index (χ4n) is 2.39. The van der Waals surface area contributed by atoms with Gasteiger partial charge < -0.3 is 10.6 Å². The fraction of sp³-hybridized carbons (Fsp3) is 0.250. The minimum Gasteiger partial charge on any atom is -0.352 e. The number of hydrogen-bond donors (Lipinski definition) is 2. The lowest BCUT2D eigenvalue weighted by atomic mass is 10.1. The Bertz CT molecular complexity index is 670. The molecule has 1 aromatic carbocycles. The molecular weight excluding hydrogens is 298 g/mol. The summed E-state index contributed by atoms with van der Waals surface area (Å²) in [6.45, 7) is 1.87. The van der Waals surface area contributed by atoms with E-state index in [1.165, 1.54) is 4.88 Å². The largest absolute Gasteiger partial charge is 0.352 e. The smallest absolute Gasteiger partial charge is 0.321 e. The van der Waals surface area contributed by atoms with Crippen LogP contribution in [0, 0.1) is 0 Å². The zero-order valence-corrected chi connectivity index (χ0v) is 12.9. The molecule has 1 saturated heterocycles. The Kier molecular flexibility index (Phi) is 4.39. The van der Waals surface area contributed by atoms with Crippen LogP contribution < -0.4 is 15.5 Å². The van der Waals surface area contributed by atoms with Crippen LogP contribution in [0.1, 0.15) is 15.2 Å². The van der Waals surface area contributed by atoms with Gasteiger partial charge in [0, 0.05) is 35.8 Å². The molecular formula is C16H17N3O2S. The molecule has 2 N–H and O–H groups in total. The zero-order chi connectivity index (χ0) is 15.4. The van der Waals surface area contributed by atoms with Crippen LogP contribution in [0.5, 0.6) is 0 Å². The molecule has 0 saturated carbocycles.